The Labute approximate surface area is 199 Å². The minimum absolute atomic E-state index is 0.307. The van der Waals surface area contributed by atoms with E-state index in [1.807, 2.05) is 60.2 Å². The lowest BCUT2D eigenvalue weighted by Gasteiger charge is -2.31. The molecule has 34 heavy (non-hydrogen) atoms. The predicted octanol–water partition coefficient (Wildman–Crippen LogP) is 6.36. The molecule has 170 valence electrons. The summed E-state index contributed by atoms with van der Waals surface area (Å²) in [6, 6.07) is 16.8. The number of nitrogens with zero attached hydrogens (tertiary/aromatic N) is 5. The Bertz CT molecular complexity index is 1450. The fourth-order valence-electron chi connectivity index (χ4n) is 3.99. The molecule has 0 aliphatic carbocycles. The molecular formula is C25H21FN6OS. The smallest absolute Gasteiger partial charge is 0.223 e. The lowest BCUT2D eigenvalue weighted by atomic mass is 9.89. The molecule has 0 spiro atoms. The number of nitrogens with one attached hydrogen (secondary N) is 1. The second kappa shape index (κ2) is 8.75. The summed E-state index contributed by atoms with van der Waals surface area (Å²) in [7, 11) is 0. The fourth-order valence-corrected chi connectivity index (χ4v) is 4.71. The van der Waals surface area contributed by atoms with E-state index in [1.165, 1.54) is 23.5 Å². The van der Waals surface area contributed by atoms with Gasteiger partial charge in [-0.3, -0.25) is 4.40 Å². The summed E-state index contributed by atoms with van der Waals surface area (Å²) in [4.78, 5) is 26.5. The van der Waals surface area contributed by atoms with Crippen LogP contribution in [0.1, 0.15) is 25.5 Å². The van der Waals surface area contributed by atoms with Crippen LogP contribution in [0.5, 0.6) is 0 Å². The first-order valence-corrected chi connectivity index (χ1v) is 11.5. The van der Waals surface area contributed by atoms with Crippen molar-refractivity contribution < 1.29 is 4.39 Å². The Balaban J connectivity index is 1.54. The van der Waals surface area contributed by atoms with Crippen LogP contribution in [-0.4, -0.2) is 24.9 Å². The van der Waals surface area contributed by atoms with Gasteiger partial charge in [-0.05, 0) is 49.7 Å². The first kappa shape index (κ1) is 21.8. The highest BCUT2D eigenvalue weighted by Crippen LogP contribution is 2.35. The van der Waals surface area contributed by atoms with Crippen molar-refractivity contribution >= 4 is 22.2 Å². The van der Waals surface area contributed by atoms with E-state index in [0.29, 0.717) is 17.3 Å². The minimum atomic E-state index is -0.753. The van der Waals surface area contributed by atoms with Crippen molar-refractivity contribution in [3.63, 3.8) is 0 Å². The molecule has 3 heterocycles. The Morgan fingerprint density at radius 3 is 2.56 bits per heavy atom. The molecule has 1 unspecified atom stereocenters. The lowest BCUT2D eigenvalue weighted by molar-refractivity contribution is 0.454. The first-order chi connectivity index (χ1) is 16.5. The summed E-state index contributed by atoms with van der Waals surface area (Å²) >= 11 is 1.51. The fraction of sp³-hybridized carbons (Fsp3) is 0.160. The molecule has 9 heteroatoms. The topological polar surface area (TPSA) is 84.5 Å². The van der Waals surface area contributed by atoms with Gasteiger partial charge in [0.25, 0.3) is 0 Å². The number of thiazole rings is 1. The van der Waals surface area contributed by atoms with E-state index in [9.17, 15) is 9.30 Å². The van der Waals surface area contributed by atoms with E-state index in [-0.39, 0.29) is 5.82 Å². The summed E-state index contributed by atoms with van der Waals surface area (Å²) in [6.45, 7) is 3.78. The SMILES string of the molecule is CC(C)(Nc1nccc(-c2c(-c3ccc(F)cc3)nc3sccn23)n1)C(N=O)c1ccccc1. The zero-order valence-corrected chi connectivity index (χ0v) is 19.3. The standard InChI is InChI=1S/C25H21FN6OS/c1-25(2,22(31-33)17-6-4-3-5-7-17)30-23-27-13-12-19(28-23)21-20(16-8-10-18(26)11-9-16)29-24-32(21)14-15-34-24/h3-15,22H,1-2H3,(H,27,28,30). The molecular weight excluding hydrogens is 451 g/mol. The van der Waals surface area contributed by atoms with Gasteiger partial charge >= 0.3 is 0 Å². The zero-order chi connectivity index (χ0) is 23.7. The van der Waals surface area contributed by atoms with E-state index >= 15 is 0 Å². The highest BCUT2D eigenvalue weighted by atomic mass is 32.1. The van der Waals surface area contributed by atoms with E-state index in [4.69, 9.17) is 9.97 Å². The second-order valence-corrected chi connectivity index (χ2v) is 9.28. The van der Waals surface area contributed by atoms with E-state index in [0.717, 1.165) is 21.8 Å². The zero-order valence-electron chi connectivity index (χ0n) is 18.5. The van der Waals surface area contributed by atoms with Crippen LogP contribution in [0.25, 0.3) is 27.6 Å². The number of nitroso groups, excluding NO2 is 1. The molecule has 0 amide bonds. The van der Waals surface area contributed by atoms with Gasteiger partial charge in [-0.15, -0.1) is 11.3 Å². The van der Waals surface area contributed by atoms with Gasteiger partial charge in [0.1, 0.15) is 17.6 Å². The van der Waals surface area contributed by atoms with Gasteiger partial charge in [0.15, 0.2) is 4.96 Å². The largest absolute Gasteiger partial charge is 0.347 e. The quantitative estimate of drug-likeness (QED) is 0.279. The van der Waals surface area contributed by atoms with Crippen LogP contribution in [0.3, 0.4) is 0 Å². The molecule has 5 rings (SSSR count). The molecule has 1 N–H and O–H groups in total. The maximum atomic E-state index is 13.5. The molecule has 7 nitrogen and oxygen atoms in total. The van der Waals surface area contributed by atoms with Crippen LogP contribution < -0.4 is 5.32 Å². The molecule has 5 aromatic rings. The third-order valence-electron chi connectivity index (χ3n) is 5.62. The molecule has 1 atom stereocenters. The van der Waals surface area contributed by atoms with Crippen molar-refractivity contribution in [3.05, 3.63) is 94.7 Å². The number of aromatic nitrogens is 4. The third kappa shape index (κ3) is 4.06. The van der Waals surface area contributed by atoms with Gasteiger partial charge in [0.2, 0.25) is 5.95 Å². The average molecular weight is 473 g/mol. The summed E-state index contributed by atoms with van der Waals surface area (Å²) in [5.41, 5.74) is 2.97. The van der Waals surface area contributed by atoms with Gasteiger partial charge in [0.05, 0.1) is 16.9 Å². The minimum Gasteiger partial charge on any atom is -0.347 e. The molecule has 3 aromatic heterocycles. The average Bonchev–Trinajstić information content (AvgIpc) is 3.42. The van der Waals surface area contributed by atoms with Gasteiger partial charge in [-0.2, -0.15) is 4.91 Å². The van der Waals surface area contributed by atoms with Gasteiger partial charge in [0, 0.05) is 23.3 Å². The number of benzene rings is 2. The Kier molecular flexibility index (Phi) is 5.62. The molecule has 0 radical (unpaired) electrons. The van der Waals surface area contributed by atoms with Crippen molar-refractivity contribution in [1.29, 1.82) is 0 Å². The summed E-state index contributed by atoms with van der Waals surface area (Å²) < 4.78 is 15.5. The first-order valence-electron chi connectivity index (χ1n) is 10.7. The van der Waals surface area contributed by atoms with Crippen LogP contribution in [0, 0.1) is 10.7 Å². The Morgan fingerprint density at radius 2 is 1.82 bits per heavy atom. The lowest BCUT2D eigenvalue weighted by Crippen LogP contribution is -2.37. The Morgan fingerprint density at radius 1 is 1.06 bits per heavy atom. The maximum absolute atomic E-state index is 13.5. The second-order valence-electron chi connectivity index (χ2n) is 8.40. The van der Waals surface area contributed by atoms with Crippen LogP contribution in [-0.2, 0) is 0 Å². The van der Waals surface area contributed by atoms with Gasteiger partial charge < -0.3 is 5.32 Å². The van der Waals surface area contributed by atoms with E-state index in [1.54, 1.807) is 24.4 Å². The number of hydrogen-bond acceptors (Lipinski definition) is 7. The third-order valence-corrected chi connectivity index (χ3v) is 6.37. The Hall–Kier alpha value is -3.98. The molecule has 0 saturated carbocycles. The summed E-state index contributed by atoms with van der Waals surface area (Å²) in [5.74, 6) is 0.0566. The highest BCUT2D eigenvalue weighted by molar-refractivity contribution is 7.15. The monoisotopic (exact) mass is 472 g/mol. The number of fused-ring (bicyclic) bond motifs is 1. The van der Waals surface area contributed by atoms with Crippen LogP contribution in [0.15, 0.2) is 83.6 Å². The number of imidazole rings is 1. The van der Waals surface area contributed by atoms with Crippen LogP contribution in [0.4, 0.5) is 10.3 Å². The summed E-state index contributed by atoms with van der Waals surface area (Å²) in [5, 5.41) is 8.62. The molecule has 0 saturated heterocycles. The number of rotatable bonds is 7. The summed E-state index contributed by atoms with van der Waals surface area (Å²) in [6.07, 6.45) is 3.59. The van der Waals surface area contributed by atoms with Crippen molar-refractivity contribution in [3.8, 4) is 22.6 Å². The maximum Gasteiger partial charge on any atom is 0.223 e. The van der Waals surface area contributed by atoms with Crippen molar-refractivity contribution in [2.75, 3.05) is 5.32 Å². The van der Waals surface area contributed by atoms with Gasteiger partial charge in [-0.1, -0.05) is 35.5 Å². The molecule has 0 fully saturated rings. The van der Waals surface area contributed by atoms with E-state index < -0.39 is 11.6 Å². The van der Waals surface area contributed by atoms with Crippen molar-refractivity contribution in [2.24, 2.45) is 5.18 Å². The van der Waals surface area contributed by atoms with Crippen molar-refractivity contribution in [1.82, 2.24) is 19.4 Å². The molecule has 0 aliphatic rings. The molecule has 0 bridgehead atoms. The predicted molar refractivity (Wildman–Crippen MR) is 132 cm³/mol. The number of halogens is 1. The normalized spacial score (nSPS) is 12.6. The number of hydrogen-bond donors (Lipinski definition) is 1. The van der Waals surface area contributed by atoms with Crippen LogP contribution >= 0.6 is 11.3 Å². The van der Waals surface area contributed by atoms with Crippen molar-refractivity contribution in [2.45, 2.75) is 25.4 Å². The highest BCUT2D eigenvalue weighted by Gasteiger charge is 2.33. The van der Waals surface area contributed by atoms with E-state index in [2.05, 4.69) is 15.5 Å². The van der Waals surface area contributed by atoms with Crippen LogP contribution in [0.2, 0.25) is 0 Å². The number of anilines is 1. The van der Waals surface area contributed by atoms with Gasteiger partial charge in [-0.25, -0.2) is 19.3 Å². The molecule has 0 aliphatic heterocycles. The molecule has 2 aromatic carbocycles.